The van der Waals surface area contributed by atoms with Gasteiger partial charge in [0.1, 0.15) is 0 Å². The monoisotopic (exact) mass is 525 g/mol. The summed E-state index contributed by atoms with van der Waals surface area (Å²) in [4.78, 5) is 24.4. The Morgan fingerprint density at radius 3 is 2.54 bits per heavy atom. The topological polar surface area (TPSA) is 113 Å². The van der Waals surface area contributed by atoms with Crippen LogP contribution in [0.5, 0.6) is 0 Å². The highest BCUT2D eigenvalue weighted by atomic mass is 32.2. The second kappa shape index (κ2) is 11.1. The molecule has 13 heteroatoms. The normalized spacial score (nSPS) is 20.3. The van der Waals surface area contributed by atoms with Crippen LogP contribution in [0.25, 0.3) is 0 Å². The van der Waals surface area contributed by atoms with E-state index in [0.717, 1.165) is 19.0 Å². The largest absolute Gasteiger partial charge is 0.389 e. The highest BCUT2D eigenvalue weighted by Crippen LogP contribution is 2.23. The molecule has 2 aromatic rings. The second-order valence-electron chi connectivity index (χ2n) is 8.58. The number of nitrogens with one attached hydrogen (secondary N) is 1. The van der Waals surface area contributed by atoms with Crippen molar-refractivity contribution in [1.82, 2.24) is 14.2 Å². The van der Waals surface area contributed by atoms with Gasteiger partial charge in [-0.1, -0.05) is 28.6 Å². The number of thiazole rings is 1. The summed E-state index contributed by atoms with van der Waals surface area (Å²) in [5.41, 5.74) is 0.270. The van der Waals surface area contributed by atoms with Gasteiger partial charge in [0, 0.05) is 31.1 Å². The van der Waals surface area contributed by atoms with E-state index in [-0.39, 0.29) is 21.8 Å². The van der Waals surface area contributed by atoms with E-state index in [9.17, 15) is 17.6 Å². The van der Waals surface area contributed by atoms with Crippen LogP contribution in [-0.2, 0) is 24.4 Å². The Kier molecular flexibility index (Phi) is 8.12. The smallest absolute Gasteiger partial charge is 0.280 e. The van der Waals surface area contributed by atoms with Gasteiger partial charge in [0.15, 0.2) is 22.1 Å². The van der Waals surface area contributed by atoms with Gasteiger partial charge in [0.25, 0.3) is 5.91 Å². The molecule has 1 aromatic carbocycles. The van der Waals surface area contributed by atoms with Gasteiger partial charge in [0.05, 0.1) is 24.3 Å². The molecule has 2 aliphatic heterocycles. The van der Waals surface area contributed by atoms with Gasteiger partial charge in [-0.05, 0) is 39.1 Å². The summed E-state index contributed by atoms with van der Waals surface area (Å²) >= 11 is 0.682. The third-order valence-corrected chi connectivity index (χ3v) is 8.63. The molecule has 2 fully saturated rings. The van der Waals surface area contributed by atoms with Gasteiger partial charge >= 0.3 is 0 Å². The average Bonchev–Trinajstić information content (AvgIpc) is 3.51. The molecular weight excluding hydrogens is 497 g/mol. The zero-order valence-electron chi connectivity index (χ0n) is 19.5. The van der Waals surface area contributed by atoms with Crippen molar-refractivity contribution in [2.75, 3.05) is 45.7 Å². The fourth-order valence-electron chi connectivity index (χ4n) is 3.95. The molecule has 0 unspecified atom stereocenters. The third kappa shape index (κ3) is 6.22. The zero-order valence-corrected chi connectivity index (χ0v) is 21.1. The standard InChI is InChI=1S/C22H28FN5O5S2/c1-27(2)16-7-10-28(11-8-16)35(30,31)18-5-3-15(4-6-18)20(26-33-17-9-12-32-14-17)21(29)25-22-24-13-19(23)34-22/h3-6,13,16-17H,7-12,14H2,1-2H3,(H,24,25,29)/t17-/m1/s1. The maximum atomic E-state index is 13.3. The average molecular weight is 526 g/mol. The van der Waals surface area contributed by atoms with Crippen molar-refractivity contribution in [2.24, 2.45) is 5.16 Å². The number of sulfonamides is 1. The predicted octanol–water partition coefficient (Wildman–Crippen LogP) is 2.15. The zero-order chi connectivity index (χ0) is 25.0. The molecule has 1 atom stereocenters. The van der Waals surface area contributed by atoms with E-state index in [1.165, 1.54) is 28.6 Å². The van der Waals surface area contributed by atoms with Gasteiger partial charge in [-0.3, -0.25) is 10.1 Å². The molecular formula is C22H28FN5O5S2. The molecule has 1 N–H and O–H groups in total. The summed E-state index contributed by atoms with van der Waals surface area (Å²) in [6.45, 7) is 1.80. The molecule has 3 heterocycles. The number of rotatable bonds is 8. The second-order valence-corrected chi connectivity index (χ2v) is 11.5. The number of hydrogen-bond donors (Lipinski definition) is 1. The number of hydrogen-bond acceptors (Lipinski definition) is 9. The molecule has 1 amide bonds. The Morgan fingerprint density at radius 2 is 1.97 bits per heavy atom. The van der Waals surface area contributed by atoms with Crippen molar-refractivity contribution in [1.29, 1.82) is 0 Å². The molecule has 190 valence electrons. The number of amides is 1. The molecule has 10 nitrogen and oxygen atoms in total. The number of anilines is 1. The summed E-state index contributed by atoms with van der Waals surface area (Å²) in [6, 6.07) is 6.28. The number of nitrogens with zero attached hydrogens (tertiary/aromatic N) is 4. The molecule has 0 aliphatic carbocycles. The van der Waals surface area contributed by atoms with E-state index >= 15 is 0 Å². The van der Waals surface area contributed by atoms with Crippen LogP contribution in [0.4, 0.5) is 9.52 Å². The summed E-state index contributed by atoms with van der Waals surface area (Å²) in [6.07, 6.45) is 2.88. The Labute approximate surface area is 207 Å². The van der Waals surface area contributed by atoms with Crippen LogP contribution in [0.15, 0.2) is 40.5 Å². The number of aromatic nitrogens is 1. The summed E-state index contributed by atoms with van der Waals surface area (Å²) in [5.74, 6) is -0.653. The van der Waals surface area contributed by atoms with Gasteiger partial charge in [-0.2, -0.15) is 8.70 Å². The maximum Gasteiger partial charge on any atom is 0.280 e. The molecule has 0 radical (unpaired) electrons. The number of carbonyl (C=O) groups is 1. The van der Waals surface area contributed by atoms with Crippen molar-refractivity contribution < 1.29 is 27.2 Å². The van der Waals surface area contributed by atoms with Crippen LogP contribution >= 0.6 is 11.3 Å². The molecule has 0 bridgehead atoms. The summed E-state index contributed by atoms with van der Waals surface area (Å²) < 4.78 is 46.3. The fraction of sp³-hybridized carbons (Fsp3) is 0.500. The van der Waals surface area contributed by atoms with E-state index in [1.807, 2.05) is 14.1 Å². The number of carbonyl (C=O) groups excluding carboxylic acids is 1. The van der Waals surface area contributed by atoms with E-state index in [2.05, 4.69) is 20.4 Å². The van der Waals surface area contributed by atoms with E-state index < -0.39 is 21.1 Å². The lowest BCUT2D eigenvalue weighted by Gasteiger charge is -2.34. The minimum absolute atomic E-state index is 0.0738. The molecule has 35 heavy (non-hydrogen) atoms. The first-order chi connectivity index (χ1) is 16.7. The third-order valence-electron chi connectivity index (χ3n) is 6.01. The lowest BCUT2D eigenvalue weighted by Crippen LogP contribution is -2.44. The number of oxime groups is 1. The number of ether oxygens (including phenoxy) is 1. The van der Waals surface area contributed by atoms with Crippen molar-refractivity contribution >= 4 is 38.1 Å². The SMILES string of the molecule is CN(C)C1CCN(S(=O)(=O)c2ccc(C(=NO[C@@H]3CCOC3)C(=O)Nc3ncc(F)s3)cc2)CC1. The molecule has 1 aromatic heterocycles. The van der Waals surface area contributed by atoms with Crippen LogP contribution in [0.3, 0.4) is 0 Å². The van der Waals surface area contributed by atoms with Gasteiger partial charge in [0.2, 0.25) is 10.0 Å². The van der Waals surface area contributed by atoms with Crippen LogP contribution in [0, 0.1) is 5.13 Å². The van der Waals surface area contributed by atoms with Crippen LogP contribution in [0.2, 0.25) is 0 Å². The van der Waals surface area contributed by atoms with Crippen molar-refractivity contribution in [3.63, 3.8) is 0 Å². The first-order valence-electron chi connectivity index (χ1n) is 11.3. The van der Waals surface area contributed by atoms with Crippen LogP contribution in [-0.4, -0.2) is 86.8 Å². The number of benzene rings is 1. The first kappa shape index (κ1) is 25.6. The minimum atomic E-state index is -3.67. The molecule has 2 aliphatic rings. The summed E-state index contributed by atoms with van der Waals surface area (Å²) in [5, 5.41) is 6.07. The Balaban J connectivity index is 1.52. The van der Waals surface area contributed by atoms with Crippen molar-refractivity contribution in [3.05, 3.63) is 41.2 Å². The van der Waals surface area contributed by atoms with E-state index in [1.54, 1.807) is 0 Å². The van der Waals surface area contributed by atoms with Crippen LogP contribution < -0.4 is 5.32 Å². The highest BCUT2D eigenvalue weighted by molar-refractivity contribution is 7.89. The number of piperidine rings is 1. The number of halogens is 1. The van der Waals surface area contributed by atoms with E-state index in [4.69, 9.17) is 9.57 Å². The highest BCUT2D eigenvalue weighted by Gasteiger charge is 2.30. The van der Waals surface area contributed by atoms with E-state index in [0.29, 0.717) is 55.7 Å². The first-order valence-corrected chi connectivity index (χ1v) is 13.5. The quantitative estimate of drug-likeness (QED) is 0.415. The van der Waals surface area contributed by atoms with Gasteiger partial charge in [-0.15, -0.1) is 0 Å². The molecule has 0 saturated carbocycles. The Bertz CT molecular complexity index is 1160. The molecule has 0 spiro atoms. The van der Waals surface area contributed by atoms with Gasteiger partial charge in [-0.25, -0.2) is 13.4 Å². The van der Waals surface area contributed by atoms with Crippen molar-refractivity contribution in [3.8, 4) is 0 Å². The summed E-state index contributed by atoms with van der Waals surface area (Å²) in [7, 11) is 0.326. The maximum absolute atomic E-state index is 13.3. The Morgan fingerprint density at radius 1 is 1.26 bits per heavy atom. The lowest BCUT2D eigenvalue weighted by molar-refractivity contribution is -0.110. The lowest BCUT2D eigenvalue weighted by atomic mass is 10.1. The fourth-order valence-corrected chi connectivity index (χ4v) is 5.96. The molecule has 2 saturated heterocycles. The predicted molar refractivity (Wildman–Crippen MR) is 129 cm³/mol. The molecule has 4 rings (SSSR count). The van der Waals surface area contributed by atoms with Gasteiger partial charge < -0.3 is 14.5 Å². The van der Waals surface area contributed by atoms with Crippen molar-refractivity contribution in [2.45, 2.75) is 36.3 Å². The minimum Gasteiger partial charge on any atom is -0.389 e. The Hall–Kier alpha value is -2.45. The van der Waals surface area contributed by atoms with Crippen LogP contribution in [0.1, 0.15) is 24.8 Å².